The van der Waals surface area contributed by atoms with E-state index in [0.29, 0.717) is 11.3 Å². The summed E-state index contributed by atoms with van der Waals surface area (Å²) in [6.45, 7) is -3.90. The van der Waals surface area contributed by atoms with Crippen LogP contribution in [0.4, 0.5) is 5.69 Å². The molecule has 19 nitrogen and oxygen atoms in total. The topological polar surface area (TPSA) is 276 Å². The maximum Gasteiger partial charge on any atom is 0.320 e. The van der Waals surface area contributed by atoms with Crippen molar-refractivity contribution in [1.82, 2.24) is 19.6 Å². The van der Waals surface area contributed by atoms with Gasteiger partial charge in [-0.25, -0.2) is 0 Å². The van der Waals surface area contributed by atoms with Gasteiger partial charge in [-0.15, -0.1) is 0 Å². The average molecular weight is 691 g/mol. The van der Waals surface area contributed by atoms with Crippen LogP contribution in [0.2, 0.25) is 0 Å². The molecule has 49 heavy (non-hydrogen) atoms. The molecular formula is C30H38N6O13. The van der Waals surface area contributed by atoms with Crippen molar-refractivity contribution in [2.24, 2.45) is 0 Å². The summed E-state index contributed by atoms with van der Waals surface area (Å²) in [5.41, 5.74) is 0.931. The van der Waals surface area contributed by atoms with E-state index in [-0.39, 0.29) is 45.6 Å². The fraction of sp³-hybridized carbons (Fsp3) is 0.433. The number of hydrogen-bond acceptors (Lipinski definition) is 13. The molecule has 1 heterocycles. The molecule has 0 aliphatic carbocycles. The minimum Gasteiger partial charge on any atom is -0.480 e. The smallest absolute Gasteiger partial charge is 0.320 e. The third-order valence-electron chi connectivity index (χ3n) is 6.96. The summed E-state index contributed by atoms with van der Waals surface area (Å²) in [5, 5.41) is 47.5. The van der Waals surface area contributed by atoms with E-state index in [4.69, 9.17) is 10.1 Å². The molecule has 0 radical (unpaired) electrons. The molecule has 266 valence electrons. The van der Waals surface area contributed by atoms with Crippen molar-refractivity contribution in [3.63, 3.8) is 0 Å². The van der Waals surface area contributed by atoms with Gasteiger partial charge in [0.2, 0.25) is 5.91 Å². The average Bonchev–Trinajstić information content (AvgIpc) is 3.33. The van der Waals surface area contributed by atoms with E-state index in [9.17, 15) is 58.8 Å². The first-order valence-electron chi connectivity index (χ1n) is 14.8. The van der Waals surface area contributed by atoms with Crippen molar-refractivity contribution < 1.29 is 63.5 Å². The number of anilines is 1. The van der Waals surface area contributed by atoms with E-state index in [1.165, 1.54) is 21.9 Å². The molecule has 1 aromatic carbocycles. The summed E-state index contributed by atoms with van der Waals surface area (Å²) in [4.78, 5) is 98.9. The van der Waals surface area contributed by atoms with Crippen LogP contribution >= 0.6 is 0 Å². The van der Waals surface area contributed by atoms with Gasteiger partial charge in [0.15, 0.2) is 0 Å². The zero-order valence-corrected chi connectivity index (χ0v) is 26.4. The van der Waals surface area contributed by atoms with Crippen molar-refractivity contribution in [3.05, 3.63) is 42.0 Å². The van der Waals surface area contributed by atoms with Gasteiger partial charge in [0.05, 0.1) is 32.7 Å². The van der Waals surface area contributed by atoms with E-state index in [2.05, 4.69) is 5.32 Å². The highest BCUT2D eigenvalue weighted by Crippen LogP contribution is 2.16. The summed E-state index contributed by atoms with van der Waals surface area (Å²) >= 11 is 0. The zero-order valence-electron chi connectivity index (χ0n) is 26.4. The molecule has 0 fully saturated rings. The number of ether oxygens (including phenoxy) is 1. The summed E-state index contributed by atoms with van der Waals surface area (Å²) < 4.78 is 4.79. The monoisotopic (exact) mass is 690 g/mol. The van der Waals surface area contributed by atoms with Gasteiger partial charge in [-0.05, 0) is 24.1 Å². The fourth-order valence-corrected chi connectivity index (χ4v) is 4.83. The first kappa shape index (κ1) is 39.6. The lowest BCUT2D eigenvalue weighted by molar-refractivity contribution is -0.146. The first-order valence-corrected chi connectivity index (χ1v) is 14.8. The van der Waals surface area contributed by atoms with Crippen LogP contribution < -0.4 is 5.32 Å². The molecule has 0 bridgehead atoms. The van der Waals surface area contributed by atoms with Crippen LogP contribution in [-0.4, -0.2) is 165 Å². The second-order valence-electron chi connectivity index (χ2n) is 10.8. The van der Waals surface area contributed by atoms with Crippen LogP contribution in [0.15, 0.2) is 36.4 Å². The number of carbonyl (C=O) groups is 8. The Hall–Kier alpha value is -5.53. The molecule has 0 unspecified atom stereocenters. The number of esters is 1. The Bertz CT molecular complexity index is 1400. The molecule has 1 aromatic rings. The predicted octanol–water partition coefficient (Wildman–Crippen LogP) is -1.71. The number of nitrogens with zero attached hydrogens (tertiary/aromatic N) is 4. The largest absolute Gasteiger partial charge is 0.480 e. The number of rotatable bonds is 24. The summed E-state index contributed by atoms with van der Waals surface area (Å²) in [7, 11) is 0. The highest BCUT2D eigenvalue weighted by atomic mass is 16.5. The zero-order chi connectivity index (χ0) is 36.5. The van der Waals surface area contributed by atoms with E-state index in [1.54, 1.807) is 12.1 Å². The molecule has 3 amide bonds. The number of hydrogen-bond donors (Lipinski definition) is 6. The Morgan fingerprint density at radius 2 is 1.33 bits per heavy atom. The van der Waals surface area contributed by atoms with Crippen molar-refractivity contribution in [1.29, 1.82) is 5.41 Å². The molecule has 0 saturated carbocycles. The third kappa shape index (κ3) is 15.3. The van der Waals surface area contributed by atoms with Gasteiger partial charge in [-0.2, -0.15) is 0 Å². The van der Waals surface area contributed by atoms with Crippen molar-refractivity contribution in [2.75, 3.05) is 70.8 Å². The van der Waals surface area contributed by atoms with E-state index >= 15 is 0 Å². The van der Waals surface area contributed by atoms with Crippen LogP contribution in [0.1, 0.15) is 12.0 Å². The minimum atomic E-state index is -1.33. The lowest BCUT2D eigenvalue weighted by Gasteiger charge is -2.34. The molecule has 0 aromatic heterocycles. The van der Waals surface area contributed by atoms with Crippen LogP contribution in [0.3, 0.4) is 0 Å². The normalized spacial score (nSPS) is 13.2. The summed E-state index contributed by atoms with van der Waals surface area (Å²) in [5.74, 6) is -7.54. The van der Waals surface area contributed by atoms with Gasteiger partial charge in [0.25, 0.3) is 11.8 Å². The van der Waals surface area contributed by atoms with E-state index in [0.717, 1.165) is 28.2 Å². The quantitative estimate of drug-likeness (QED) is 0.0400. The van der Waals surface area contributed by atoms with Gasteiger partial charge < -0.3 is 35.9 Å². The summed E-state index contributed by atoms with van der Waals surface area (Å²) in [6.07, 6.45) is 2.93. The minimum absolute atomic E-state index is 0.0336. The van der Waals surface area contributed by atoms with Crippen molar-refractivity contribution in [2.45, 2.75) is 18.9 Å². The maximum absolute atomic E-state index is 12.4. The standard InChI is InChI=1S/C30H38N6O13/c31-8-12-49-30(48)19-34(16-27(42)43)11-10-33(15-26(40)41)14-22(35(17-28(44)45)18-29(46)47)13-20-1-3-21(4-2-20)32-23(37)7-9-36-24(38)5-6-25(36)39/h1-6,8,22,31H,7,9-19H2,(H,32,37)(H,40,41)(H,42,43)(H,44,45)(H,46,47)/t22-/m1/s1. The molecule has 2 rings (SSSR count). The van der Waals surface area contributed by atoms with Crippen LogP contribution in [-0.2, 0) is 49.5 Å². The second-order valence-corrected chi connectivity index (χ2v) is 10.8. The van der Waals surface area contributed by atoms with Crippen molar-refractivity contribution >= 4 is 59.5 Å². The van der Waals surface area contributed by atoms with E-state index in [1.807, 2.05) is 0 Å². The second kappa shape index (κ2) is 20.0. The Kier molecular flexibility index (Phi) is 16.2. The predicted molar refractivity (Wildman–Crippen MR) is 168 cm³/mol. The fourth-order valence-electron chi connectivity index (χ4n) is 4.83. The molecule has 19 heteroatoms. The molecule has 1 atom stereocenters. The number of imide groups is 1. The van der Waals surface area contributed by atoms with Crippen molar-refractivity contribution in [3.8, 4) is 0 Å². The van der Waals surface area contributed by atoms with Crippen LogP contribution in [0, 0.1) is 5.41 Å². The Balaban J connectivity index is 2.21. The number of benzene rings is 1. The number of amides is 3. The molecular weight excluding hydrogens is 652 g/mol. The van der Waals surface area contributed by atoms with E-state index < -0.39 is 86.3 Å². The lowest BCUT2D eigenvalue weighted by Crippen LogP contribution is -2.51. The number of carboxylic acid groups (broad SMARTS) is 4. The Morgan fingerprint density at radius 1 is 0.796 bits per heavy atom. The molecule has 1 aliphatic rings. The molecule has 0 saturated heterocycles. The Labute approximate surface area is 279 Å². The number of carboxylic acids is 4. The molecule has 1 aliphatic heterocycles. The third-order valence-corrected chi connectivity index (χ3v) is 6.96. The Morgan fingerprint density at radius 3 is 1.86 bits per heavy atom. The highest BCUT2D eigenvalue weighted by molar-refractivity contribution is 6.13. The van der Waals surface area contributed by atoms with Gasteiger partial charge in [0, 0.05) is 62.7 Å². The molecule has 6 N–H and O–H groups in total. The van der Waals surface area contributed by atoms with Crippen LogP contribution in [0.5, 0.6) is 0 Å². The summed E-state index contributed by atoms with van der Waals surface area (Å²) in [6, 6.07) is 5.37. The number of aliphatic carboxylic acids is 4. The lowest BCUT2D eigenvalue weighted by atomic mass is 10.0. The maximum atomic E-state index is 12.4. The number of nitrogens with one attached hydrogen (secondary N) is 2. The molecule has 0 spiro atoms. The number of carbonyl (C=O) groups excluding carboxylic acids is 4. The highest BCUT2D eigenvalue weighted by Gasteiger charge is 2.28. The van der Waals surface area contributed by atoms with Gasteiger partial charge >= 0.3 is 29.8 Å². The SMILES string of the molecule is N=CCOC(=O)CN(CCN(CC(=O)O)C[C@@H](Cc1ccc(NC(=O)CCN2C(=O)C=CC2=O)cc1)N(CC(=O)O)CC(=O)O)CC(=O)O. The van der Waals surface area contributed by atoms with Gasteiger partial charge in [-0.3, -0.25) is 58.0 Å². The van der Waals surface area contributed by atoms with Gasteiger partial charge in [-0.1, -0.05) is 12.1 Å². The van der Waals surface area contributed by atoms with Gasteiger partial charge in [0.1, 0.15) is 6.61 Å². The first-order chi connectivity index (χ1) is 23.2. The van der Waals surface area contributed by atoms with Crippen LogP contribution in [0.25, 0.3) is 0 Å².